The minimum Gasteiger partial charge on any atom is -0.501 e. The number of unbranched alkanes of at least 4 members (excludes halogenated alkanes) is 3. The van der Waals surface area contributed by atoms with E-state index >= 15 is 0 Å². The van der Waals surface area contributed by atoms with Crippen molar-refractivity contribution in [2.24, 2.45) is 23.7 Å². The van der Waals surface area contributed by atoms with Gasteiger partial charge in [-0.15, -0.1) is 0 Å². The van der Waals surface area contributed by atoms with Crippen LogP contribution in [-0.2, 0) is 18.9 Å². The number of hydrogen-bond donors (Lipinski definition) is 2. The minimum atomic E-state index is -0.316. The molecule has 0 bridgehead atoms. The molecular formula is C30H52N2O6. The Labute approximate surface area is 230 Å². The standard InChI is InChI=1S/C30H52N2O6/c1-3-19-35-21-25-9-13-27(14-10-25)23-37-29(33)31-17-7-5-6-8-18-32-30(34)38-24-28-15-11-26(12-16-28)22-36-20-4-2/h3-4,19-20,25-28H,5-18,21-24H2,1-2H3,(H,31,33)(H,32,34)/b19-3+,20-4+. The molecule has 0 atom stereocenters. The van der Waals surface area contributed by atoms with Gasteiger partial charge in [-0.05, 0) is 102 Å². The van der Waals surface area contributed by atoms with E-state index < -0.39 is 0 Å². The van der Waals surface area contributed by atoms with Gasteiger partial charge in [0.15, 0.2) is 0 Å². The highest BCUT2D eigenvalue weighted by Gasteiger charge is 2.23. The molecule has 0 aliphatic heterocycles. The molecule has 2 aliphatic rings. The van der Waals surface area contributed by atoms with Gasteiger partial charge in [0.2, 0.25) is 0 Å². The van der Waals surface area contributed by atoms with E-state index in [-0.39, 0.29) is 12.2 Å². The third kappa shape index (κ3) is 15.1. The second-order valence-corrected chi connectivity index (χ2v) is 10.8. The summed E-state index contributed by atoms with van der Waals surface area (Å²) in [6.07, 6.45) is 19.4. The van der Waals surface area contributed by atoms with Crippen LogP contribution in [0.2, 0.25) is 0 Å². The molecule has 0 heterocycles. The van der Waals surface area contributed by atoms with Crippen molar-refractivity contribution in [3.63, 3.8) is 0 Å². The van der Waals surface area contributed by atoms with Crippen molar-refractivity contribution in [3.8, 4) is 0 Å². The summed E-state index contributed by atoms with van der Waals surface area (Å²) in [4.78, 5) is 23.9. The van der Waals surface area contributed by atoms with E-state index in [0.29, 0.717) is 50.0 Å². The van der Waals surface area contributed by atoms with Crippen LogP contribution in [0, 0.1) is 23.7 Å². The third-order valence-corrected chi connectivity index (χ3v) is 7.60. The molecular weight excluding hydrogens is 484 g/mol. The summed E-state index contributed by atoms with van der Waals surface area (Å²) < 4.78 is 21.8. The molecule has 8 heteroatoms. The highest BCUT2D eigenvalue weighted by molar-refractivity contribution is 5.67. The molecule has 0 aromatic heterocycles. The maximum absolute atomic E-state index is 11.9. The van der Waals surface area contributed by atoms with Crippen molar-refractivity contribution in [1.82, 2.24) is 10.6 Å². The Morgan fingerprint density at radius 2 is 0.921 bits per heavy atom. The minimum absolute atomic E-state index is 0.316. The number of hydrogen-bond acceptors (Lipinski definition) is 6. The maximum atomic E-state index is 11.9. The fraction of sp³-hybridized carbons (Fsp3) is 0.800. The molecule has 0 spiro atoms. The van der Waals surface area contributed by atoms with E-state index in [1.165, 1.54) is 0 Å². The molecule has 2 N–H and O–H groups in total. The van der Waals surface area contributed by atoms with Crippen LogP contribution >= 0.6 is 0 Å². The van der Waals surface area contributed by atoms with Gasteiger partial charge in [-0.3, -0.25) is 0 Å². The molecule has 0 aromatic carbocycles. The van der Waals surface area contributed by atoms with Crippen LogP contribution in [0.15, 0.2) is 24.7 Å². The van der Waals surface area contributed by atoms with E-state index in [2.05, 4.69) is 10.6 Å². The zero-order valence-corrected chi connectivity index (χ0v) is 23.8. The number of ether oxygens (including phenoxy) is 4. The Morgan fingerprint density at radius 3 is 1.26 bits per heavy atom. The average Bonchev–Trinajstić information content (AvgIpc) is 2.94. The third-order valence-electron chi connectivity index (χ3n) is 7.60. The zero-order chi connectivity index (χ0) is 27.3. The van der Waals surface area contributed by atoms with Crippen LogP contribution in [-0.4, -0.2) is 51.7 Å². The lowest BCUT2D eigenvalue weighted by Gasteiger charge is -2.27. The van der Waals surface area contributed by atoms with E-state index in [9.17, 15) is 9.59 Å². The van der Waals surface area contributed by atoms with Gasteiger partial charge in [0.05, 0.1) is 39.0 Å². The predicted molar refractivity (Wildman–Crippen MR) is 150 cm³/mol. The van der Waals surface area contributed by atoms with Crippen molar-refractivity contribution in [1.29, 1.82) is 0 Å². The molecule has 8 nitrogen and oxygen atoms in total. The van der Waals surface area contributed by atoms with Gasteiger partial charge in [-0.1, -0.05) is 25.0 Å². The second-order valence-electron chi connectivity index (χ2n) is 10.8. The van der Waals surface area contributed by atoms with Gasteiger partial charge in [0, 0.05) is 13.1 Å². The van der Waals surface area contributed by atoms with E-state index in [1.807, 2.05) is 26.0 Å². The Balaban J connectivity index is 1.35. The highest BCUT2D eigenvalue weighted by atomic mass is 16.6. The largest absolute Gasteiger partial charge is 0.501 e. The Bertz CT molecular complexity index is 624. The van der Waals surface area contributed by atoms with Crippen molar-refractivity contribution in [2.45, 2.75) is 90.9 Å². The summed E-state index contributed by atoms with van der Waals surface area (Å²) in [7, 11) is 0. The average molecular weight is 537 g/mol. The van der Waals surface area contributed by atoms with Crippen molar-refractivity contribution in [3.05, 3.63) is 24.7 Å². The number of carbonyl (C=O) groups is 2. The zero-order valence-electron chi connectivity index (χ0n) is 23.8. The molecule has 2 aliphatic carbocycles. The van der Waals surface area contributed by atoms with Crippen LogP contribution in [0.3, 0.4) is 0 Å². The first-order valence-electron chi connectivity index (χ1n) is 14.9. The number of nitrogens with one attached hydrogen (secondary N) is 2. The molecule has 0 unspecified atom stereocenters. The number of carbonyl (C=O) groups excluding carboxylic acids is 2. The van der Waals surface area contributed by atoms with Crippen LogP contribution in [0.5, 0.6) is 0 Å². The van der Waals surface area contributed by atoms with Crippen molar-refractivity contribution in [2.75, 3.05) is 39.5 Å². The molecule has 2 saturated carbocycles. The van der Waals surface area contributed by atoms with Crippen LogP contribution in [0.25, 0.3) is 0 Å². The van der Waals surface area contributed by atoms with E-state index in [0.717, 1.165) is 90.3 Å². The summed E-state index contributed by atoms with van der Waals surface area (Å²) in [5.41, 5.74) is 0. The number of amides is 2. The summed E-state index contributed by atoms with van der Waals surface area (Å²) in [5, 5.41) is 5.70. The summed E-state index contributed by atoms with van der Waals surface area (Å²) >= 11 is 0. The predicted octanol–water partition coefficient (Wildman–Crippen LogP) is 6.71. The smallest absolute Gasteiger partial charge is 0.407 e. The van der Waals surface area contributed by atoms with Gasteiger partial charge in [0.25, 0.3) is 0 Å². The number of allylic oxidation sites excluding steroid dienone is 2. The quantitative estimate of drug-likeness (QED) is 0.158. The lowest BCUT2D eigenvalue weighted by molar-refractivity contribution is 0.0943. The first-order chi connectivity index (χ1) is 18.6. The van der Waals surface area contributed by atoms with Gasteiger partial charge >= 0.3 is 12.2 Å². The van der Waals surface area contributed by atoms with Crippen LogP contribution in [0.4, 0.5) is 9.59 Å². The molecule has 0 saturated heterocycles. The van der Waals surface area contributed by atoms with Crippen LogP contribution < -0.4 is 10.6 Å². The van der Waals surface area contributed by atoms with Gasteiger partial charge < -0.3 is 29.6 Å². The van der Waals surface area contributed by atoms with Gasteiger partial charge in [-0.2, -0.15) is 0 Å². The Morgan fingerprint density at radius 1 is 0.579 bits per heavy atom. The summed E-state index contributed by atoms with van der Waals surface area (Å²) in [5.74, 6) is 2.14. The lowest BCUT2D eigenvalue weighted by atomic mass is 9.83. The van der Waals surface area contributed by atoms with E-state index in [4.69, 9.17) is 18.9 Å². The fourth-order valence-electron chi connectivity index (χ4n) is 5.18. The summed E-state index contributed by atoms with van der Waals surface area (Å²) in [6.45, 7) is 7.72. The van der Waals surface area contributed by atoms with Gasteiger partial charge in [0.1, 0.15) is 0 Å². The summed E-state index contributed by atoms with van der Waals surface area (Å²) in [6, 6.07) is 0. The molecule has 218 valence electrons. The van der Waals surface area contributed by atoms with Crippen LogP contribution in [0.1, 0.15) is 90.9 Å². The molecule has 2 fully saturated rings. The monoisotopic (exact) mass is 536 g/mol. The molecule has 2 rings (SSSR count). The first kappa shape index (κ1) is 31.8. The fourth-order valence-corrected chi connectivity index (χ4v) is 5.18. The number of rotatable bonds is 17. The molecule has 38 heavy (non-hydrogen) atoms. The van der Waals surface area contributed by atoms with E-state index in [1.54, 1.807) is 12.5 Å². The molecule has 0 radical (unpaired) electrons. The molecule has 2 amide bonds. The maximum Gasteiger partial charge on any atom is 0.407 e. The number of alkyl carbamates (subject to hydrolysis) is 2. The Hall–Kier alpha value is -2.38. The highest BCUT2D eigenvalue weighted by Crippen LogP contribution is 2.30. The molecule has 0 aromatic rings. The van der Waals surface area contributed by atoms with Crippen molar-refractivity contribution >= 4 is 12.2 Å². The second kappa shape index (κ2) is 20.6. The topological polar surface area (TPSA) is 95.1 Å². The normalized spacial score (nSPS) is 23.7. The Kier molecular flexibility index (Phi) is 17.2. The first-order valence-corrected chi connectivity index (χ1v) is 14.9. The lowest BCUT2D eigenvalue weighted by Crippen LogP contribution is -2.29. The van der Waals surface area contributed by atoms with Crippen molar-refractivity contribution < 1.29 is 28.5 Å². The SMILES string of the molecule is C/C=C/OCC1CCC(COC(=O)NCCCCCCNC(=O)OCC2CCC(CO/C=C/C)CC2)CC1. The van der Waals surface area contributed by atoms with Gasteiger partial charge in [-0.25, -0.2) is 9.59 Å².